The molecule has 0 aromatic heterocycles. The summed E-state index contributed by atoms with van der Waals surface area (Å²) in [5.41, 5.74) is 0.856. The second-order valence-electron chi connectivity index (χ2n) is 4.33. The van der Waals surface area contributed by atoms with Crippen molar-refractivity contribution in [1.29, 1.82) is 0 Å². The van der Waals surface area contributed by atoms with Crippen LogP contribution in [0.2, 0.25) is 0 Å². The van der Waals surface area contributed by atoms with Crippen LogP contribution in [0.25, 0.3) is 10.8 Å². The summed E-state index contributed by atoms with van der Waals surface area (Å²) in [7, 11) is -4.27. The number of hydrogen-bond acceptors (Lipinski definition) is 4. The Morgan fingerprint density at radius 2 is 1.73 bits per heavy atom. The van der Waals surface area contributed by atoms with E-state index in [1.54, 1.807) is 30.3 Å². The predicted octanol–water partition coefficient (Wildman–Crippen LogP) is -3.80. The summed E-state index contributed by atoms with van der Waals surface area (Å²) in [6.45, 7) is 1.56. The van der Waals surface area contributed by atoms with Gasteiger partial charge in [-0.05, 0) is 17.0 Å². The van der Waals surface area contributed by atoms with Crippen molar-refractivity contribution in [3.05, 3.63) is 42.0 Å². The molecule has 22 heavy (non-hydrogen) atoms. The molecular formula is C14H14ClKO5S. The molecular weight excluding hydrogens is 355 g/mol. The summed E-state index contributed by atoms with van der Waals surface area (Å²) in [5.74, 6) is -0.358. The van der Waals surface area contributed by atoms with Crippen LogP contribution in [-0.4, -0.2) is 25.5 Å². The van der Waals surface area contributed by atoms with Crippen molar-refractivity contribution in [2.75, 3.05) is 6.61 Å². The number of rotatable bonds is 4. The summed E-state index contributed by atoms with van der Waals surface area (Å²) in [5, 5.41) is 1.17. The summed E-state index contributed by atoms with van der Waals surface area (Å²) in [6.07, 6.45) is 0.478. The topological polar surface area (TPSA) is 80.7 Å². The molecule has 0 fully saturated rings. The van der Waals surface area contributed by atoms with Crippen LogP contribution in [0.15, 0.2) is 41.3 Å². The quantitative estimate of drug-likeness (QED) is 0.340. The average Bonchev–Trinajstić information content (AvgIpc) is 2.37. The molecule has 0 unspecified atom stereocenters. The first kappa shape index (κ1) is 22.0. The smallest absolute Gasteiger partial charge is 1.00 e. The largest absolute Gasteiger partial charge is 1.00 e. The van der Waals surface area contributed by atoms with Crippen molar-refractivity contribution < 1.29 is 86.3 Å². The van der Waals surface area contributed by atoms with Crippen molar-refractivity contribution in [1.82, 2.24) is 0 Å². The molecule has 0 aliphatic rings. The molecule has 0 spiro atoms. The van der Waals surface area contributed by atoms with Crippen molar-refractivity contribution in [3.63, 3.8) is 0 Å². The Morgan fingerprint density at radius 1 is 1.14 bits per heavy atom. The van der Waals surface area contributed by atoms with E-state index < -0.39 is 10.1 Å². The number of carbonyl (C=O) groups is 1. The second kappa shape index (κ2) is 9.34. The number of benzene rings is 2. The first-order valence-corrected chi connectivity index (χ1v) is 7.45. The molecule has 0 aliphatic heterocycles. The van der Waals surface area contributed by atoms with Gasteiger partial charge in [-0.3, -0.25) is 9.35 Å². The van der Waals surface area contributed by atoms with E-state index >= 15 is 0 Å². The van der Waals surface area contributed by atoms with Gasteiger partial charge in [-0.1, -0.05) is 30.3 Å². The van der Waals surface area contributed by atoms with Crippen LogP contribution in [0.3, 0.4) is 0 Å². The number of fused-ring (bicyclic) bond motifs is 1. The van der Waals surface area contributed by atoms with Gasteiger partial charge in [0.2, 0.25) is 0 Å². The van der Waals surface area contributed by atoms with Gasteiger partial charge >= 0.3 is 57.4 Å². The Kier molecular flexibility index (Phi) is 9.34. The maximum absolute atomic E-state index is 11.3. The molecule has 1 N–H and O–H groups in total. The zero-order valence-electron chi connectivity index (χ0n) is 12.2. The summed E-state index contributed by atoms with van der Waals surface area (Å²) >= 11 is 0. The molecule has 0 radical (unpaired) electrons. The monoisotopic (exact) mass is 368 g/mol. The number of esters is 1. The van der Waals surface area contributed by atoms with Crippen LogP contribution < -0.4 is 63.8 Å². The minimum absolute atomic E-state index is 0. The number of carbonyl (C=O) groups excluding carboxylic acids is 1. The van der Waals surface area contributed by atoms with Crippen molar-refractivity contribution in [2.24, 2.45) is 0 Å². The number of hydrogen-bond donors (Lipinski definition) is 1. The molecule has 0 atom stereocenters. The van der Waals surface area contributed by atoms with E-state index in [-0.39, 0.29) is 81.3 Å². The minimum atomic E-state index is -4.27. The summed E-state index contributed by atoms with van der Waals surface area (Å²) in [4.78, 5) is 10.6. The molecule has 5 nitrogen and oxygen atoms in total. The summed E-state index contributed by atoms with van der Waals surface area (Å²) in [6, 6.07) is 9.87. The van der Waals surface area contributed by atoms with Crippen LogP contribution in [0, 0.1) is 0 Å². The van der Waals surface area contributed by atoms with Gasteiger partial charge in [0.25, 0.3) is 10.1 Å². The molecule has 0 saturated carbocycles. The van der Waals surface area contributed by atoms with Crippen LogP contribution in [0.4, 0.5) is 0 Å². The fraction of sp³-hybridized carbons (Fsp3) is 0.214. The Balaban J connectivity index is 0.00000220. The van der Waals surface area contributed by atoms with Gasteiger partial charge in [0, 0.05) is 18.7 Å². The average molecular weight is 369 g/mol. The third-order valence-corrected chi connectivity index (χ3v) is 3.84. The normalized spacial score (nSPS) is 10.5. The van der Waals surface area contributed by atoms with Crippen LogP contribution in [0.5, 0.6) is 0 Å². The first-order chi connectivity index (χ1) is 9.39. The van der Waals surface area contributed by atoms with Crippen LogP contribution >= 0.6 is 0 Å². The molecule has 0 heterocycles. The maximum Gasteiger partial charge on any atom is 1.00 e. The van der Waals surface area contributed by atoms with Crippen molar-refractivity contribution in [2.45, 2.75) is 18.2 Å². The van der Waals surface area contributed by atoms with Crippen LogP contribution in [-0.2, 0) is 26.1 Å². The van der Waals surface area contributed by atoms with Crippen LogP contribution in [0.1, 0.15) is 12.5 Å². The Hall–Kier alpha value is 0.00636. The fourth-order valence-electron chi connectivity index (χ4n) is 2.08. The number of ether oxygens (including phenoxy) is 1. The minimum Gasteiger partial charge on any atom is -1.00 e. The van der Waals surface area contributed by atoms with Crippen molar-refractivity contribution in [3.8, 4) is 0 Å². The third kappa shape index (κ3) is 5.57. The maximum atomic E-state index is 11.3. The van der Waals surface area contributed by atoms with E-state index in [2.05, 4.69) is 0 Å². The molecule has 0 saturated heterocycles. The zero-order chi connectivity index (χ0) is 14.8. The fourth-order valence-corrected chi connectivity index (χ4v) is 2.78. The first-order valence-electron chi connectivity index (χ1n) is 6.01. The van der Waals surface area contributed by atoms with E-state index in [9.17, 15) is 17.8 Å². The third-order valence-electron chi connectivity index (χ3n) is 2.93. The molecule has 2 aromatic rings. The van der Waals surface area contributed by atoms with Crippen molar-refractivity contribution >= 4 is 26.9 Å². The van der Waals surface area contributed by atoms with Gasteiger partial charge in [-0.15, -0.1) is 0 Å². The number of halogens is 1. The Morgan fingerprint density at radius 3 is 2.27 bits per heavy atom. The molecule has 0 amide bonds. The standard InChI is InChI=1S/C14H14O5S.ClH.K/c1-10(15)19-9-8-11-6-7-14(20(16,17)18)13-5-3-2-4-12(11)13;;/h2-7H,8-9H2,1H3,(H,16,17,18);1H;/q;;+1/p-1. The SMILES string of the molecule is CC(=O)OCCc1ccc(S(=O)(=O)O)c2ccccc12.[Cl-].[K+]. The summed E-state index contributed by atoms with van der Waals surface area (Å²) < 4.78 is 36.8. The van der Waals surface area contributed by atoms with Gasteiger partial charge in [0.15, 0.2) is 0 Å². The molecule has 0 aliphatic carbocycles. The van der Waals surface area contributed by atoms with E-state index in [1.807, 2.05) is 0 Å². The van der Waals surface area contributed by atoms with E-state index in [1.165, 1.54) is 13.0 Å². The molecule has 8 heteroatoms. The Bertz CT molecular complexity index is 761. The Labute approximate surface area is 178 Å². The van der Waals surface area contributed by atoms with Gasteiger partial charge in [-0.2, -0.15) is 8.42 Å². The van der Waals surface area contributed by atoms with Gasteiger partial charge in [0.1, 0.15) is 4.90 Å². The van der Waals surface area contributed by atoms with E-state index in [0.717, 1.165) is 10.9 Å². The molecule has 114 valence electrons. The molecule has 2 aromatic carbocycles. The van der Waals surface area contributed by atoms with E-state index in [4.69, 9.17) is 4.74 Å². The zero-order valence-corrected chi connectivity index (χ0v) is 16.9. The molecule has 2 rings (SSSR count). The van der Waals surface area contributed by atoms with Gasteiger partial charge < -0.3 is 17.1 Å². The van der Waals surface area contributed by atoms with E-state index in [0.29, 0.717) is 11.8 Å². The van der Waals surface area contributed by atoms with Gasteiger partial charge in [-0.25, -0.2) is 0 Å². The molecule has 0 bridgehead atoms. The predicted molar refractivity (Wildman–Crippen MR) is 74.1 cm³/mol. The van der Waals surface area contributed by atoms with Gasteiger partial charge in [0.05, 0.1) is 6.61 Å². The second-order valence-corrected chi connectivity index (χ2v) is 5.72.